The zero-order chi connectivity index (χ0) is 14.7. The molecule has 0 aromatic carbocycles. The molecule has 0 aliphatic rings. The van der Waals surface area contributed by atoms with Crippen LogP contribution in [0.2, 0.25) is 0 Å². The zero-order valence-electron chi connectivity index (χ0n) is 11.8. The van der Waals surface area contributed by atoms with Gasteiger partial charge in [0, 0.05) is 18.4 Å². The van der Waals surface area contributed by atoms with Crippen LogP contribution in [0.15, 0.2) is 27.6 Å². The first-order chi connectivity index (χ1) is 9.52. The molecule has 0 amide bonds. The van der Waals surface area contributed by atoms with Gasteiger partial charge >= 0.3 is 5.69 Å². The molecule has 0 saturated heterocycles. The predicted octanol–water partition coefficient (Wildman–Crippen LogP) is 2.50. The van der Waals surface area contributed by atoms with E-state index in [2.05, 4.69) is 31.2 Å². The molecule has 0 spiro atoms. The molecule has 2 rings (SSSR count). The van der Waals surface area contributed by atoms with E-state index < -0.39 is 0 Å². The maximum atomic E-state index is 12.0. The van der Waals surface area contributed by atoms with Crippen LogP contribution < -0.4 is 11.0 Å². The molecule has 106 valence electrons. The van der Waals surface area contributed by atoms with E-state index in [4.69, 9.17) is 0 Å². The normalized spacial score (nSPS) is 10.6. The van der Waals surface area contributed by atoms with Gasteiger partial charge in [-0.3, -0.25) is 4.57 Å². The SMILES string of the molecule is CCNc1ccc(Cn2c(C)c(Br)c(C)nc2=O)cn1. The van der Waals surface area contributed by atoms with Crippen LogP contribution in [0.5, 0.6) is 0 Å². The third kappa shape index (κ3) is 3.07. The minimum absolute atomic E-state index is 0.237. The van der Waals surface area contributed by atoms with Gasteiger partial charge in [-0.2, -0.15) is 4.98 Å². The molecule has 2 aromatic rings. The van der Waals surface area contributed by atoms with Gasteiger partial charge in [0.2, 0.25) is 0 Å². The number of aryl methyl sites for hydroxylation is 1. The Morgan fingerprint density at radius 2 is 2.10 bits per heavy atom. The summed E-state index contributed by atoms with van der Waals surface area (Å²) in [7, 11) is 0. The molecular weight excluding hydrogens is 320 g/mol. The van der Waals surface area contributed by atoms with Gasteiger partial charge in [-0.05, 0) is 48.3 Å². The lowest BCUT2D eigenvalue weighted by Gasteiger charge is -2.12. The summed E-state index contributed by atoms with van der Waals surface area (Å²) >= 11 is 3.46. The Morgan fingerprint density at radius 3 is 2.70 bits per heavy atom. The molecule has 2 heterocycles. The molecule has 6 heteroatoms. The lowest BCUT2D eigenvalue weighted by molar-refractivity contribution is 0.687. The van der Waals surface area contributed by atoms with E-state index >= 15 is 0 Å². The predicted molar refractivity (Wildman–Crippen MR) is 83.2 cm³/mol. The second-order valence-corrected chi connectivity index (χ2v) is 5.34. The van der Waals surface area contributed by atoms with Crippen molar-refractivity contribution in [1.29, 1.82) is 0 Å². The van der Waals surface area contributed by atoms with E-state index in [0.29, 0.717) is 12.2 Å². The average molecular weight is 337 g/mol. The Morgan fingerprint density at radius 1 is 1.35 bits per heavy atom. The van der Waals surface area contributed by atoms with Crippen molar-refractivity contribution >= 4 is 21.7 Å². The van der Waals surface area contributed by atoms with E-state index in [1.54, 1.807) is 10.8 Å². The summed E-state index contributed by atoms with van der Waals surface area (Å²) < 4.78 is 2.51. The highest BCUT2D eigenvalue weighted by Gasteiger charge is 2.09. The minimum Gasteiger partial charge on any atom is -0.370 e. The highest BCUT2D eigenvalue weighted by molar-refractivity contribution is 9.10. The summed E-state index contributed by atoms with van der Waals surface area (Å²) in [5, 5.41) is 3.14. The van der Waals surface area contributed by atoms with E-state index in [1.807, 2.05) is 32.9 Å². The minimum atomic E-state index is -0.237. The van der Waals surface area contributed by atoms with Crippen LogP contribution in [0, 0.1) is 13.8 Å². The van der Waals surface area contributed by atoms with Crippen LogP contribution in [-0.2, 0) is 6.54 Å². The zero-order valence-corrected chi connectivity index (χ0v) is 13.4. The first-order valence-electron chi connectivity index (χ1n) is 6.45. The van der Waals surface area contributed by atoms with Crippen molar-refractivity contribution < 1.29 is 0 Å². The van der Waals surface area contributed by atoms with Crippen molar-refractivity contribution in [1.82, 2.24) is 14.5 Å². The van der Waals surface area contributed by atoms with Gasteiger partial charge in [0.1, 0.15) is 5.82 Å². The quantitative estimate of drug-likeness (QED) is 0.931. The smallest absolute Gasteiger partial charge is 0.348 e. The topological polar surface area (TPSA) is 59.8 Å². The van der Waals surface area contributed by atoms with E-state index in [0.717, 1.165) is 28.1 Å². The first kappa shape index (κ1) is 14.7. The van der Waals surface area contributed by atoms with Crippen LogP contribution >= 0.6 is 15.9 Å². The monoisotopic (exact) mass is 336 g/mol. The standard InChI is InChI=1S/C14H17BrN4O/c1-4-16-12-6-5-11(7-17-12)8-19-10(3)13(15)9(2)18-14(19)20/h5-7H,4,8H2,1-3H3,(H,16,17). The number of nitrogens with zero attached hydrogens (tertiary/aromatic N) is 3. The van der Waals surface area contributed by atoms with Crippen molar-refractivity contribution in [3.63, 3.8) is 0 Å². The number of aromatic nitrogens is 3. The lowest BCUT2D eigenvalue weighted by atomic mass is 10.2. The van der Waals surface area contributed by atoms with Crippen molar-refractivity contribution in [2.45, 2.75) is 27.3 Å². The number of hydrogen-bond acceptors (Lipinski definition) is 4. The Hall–Kier alpha value is -1.69. The third-order valence-electron chi connectivity index (χ3n) is 3.06. The highest BCUT2D eigenvalue weighted by Crippen LogP contribution is 2.17. The van der Waals surface area contributed by atoms with Crippen LogP contribution in [-0.4, -0.2) is 21.1 Å². The number of nitrogens with one attached hydrogen (secondary N) is 1. The average Bonchev–Trinajstić information content (AvgIpc) is 2.43. The largest absolute Gasteiger partial charge is 0.370 e. The Labute approximate surface area is 126 Å². The van der Waals surface area contributed by atoms with Crippen LogP contribution in [0.1, 0.15) is 23.9 Å². The fourth-order valence-corrected chi connectivity index (χ4v) is 2.25. The summed E-state index contributed by atoms with van der Waals surface area (Å²) in [6.07, 6.45) is 1.78. The third-order valence-corrected chi connectivity index (χ3v) is 4.21. The van der Waals surface area contributed by atoms with Gasteiger partial charge in [0.25, 0.3) is 0 Å². The number of anilines is 1. The summed E-state index contributed by atoms with van der Waals surface area (Å²) in [6.45, 7) is 7.04. The van der Waals surface area contributed by atoms with Crippen LogP contribution in [0.25, 0.3) is 0 Å². The van der Waals surface area contributed by atoms with Crippen molar-refractivity contribution in [3.05, 3.63) is 50.2 Å². The molecule has 5 nitrogen and oxygen atoms in total. The molecule has 0 fully saturated rings. The maximum absolute atomic E-state index is 12.0. The number of rotatable bonds is 4. The van der Waals surface area contributed by atoms with Gasteiger partial charge in [-0.25, -0.2) is 9.78 Å². The van der Waals surface area contributed by atoms with E-state index in [1.165, 1.54) is 0 Å². The molecule has 0 unspecified atom stereocenters. The molecule has 0 aliphatic carbocycles. The fourth-order valence-electron chi connectivity index (χ4n) is 1.95. The summed E-state index contributed by atoms with van der Waals surface area (Å²) in [6, 6.07) is 3.88. The molecule has 0 radical (unpaired) electrons. The van der Waals surface area contributed by atoms with Gasteiger partial charge < -0.3 is 5.32 Å². The fraction of sp³-hybridized carbons (Fsp3) is 0.357. The highest BCUT2D eigenvalue weighted by atomic mass is 79.9. The van der Waals surface area contributed by atoms with Crippen molar-refractivity contribution in [2.75, 3.05) is 11.9 Å². The number of hydrogen-bond donors (Lipinski definition) is 1. The molecule has 0 bridgehead atoms. The first-order valence-corrected chi connectivity index (χ1v) is 7.24. The molecule has 0 atom stereocenters. The number of halogens is 1. The molecule has 2 aromatic heterocycles. The van der Waals surface area contributed by atoms with Crippen LogP contribution in [0.4, 0.5) is 5.82 Å². The summed E-state index contributed by atoms with van der Waals surface area (Å²) in [4.78, 5) is 20.3. The summed E-state index contributed by atoms with van der Waals surface area (Å²) in [5.41, 5.74) is 2.32. The van der Waals surface area contributed by atoms with Crippen LogP contribution in [0.3, 0.4) is 0 Å². The molecule has 20 heavy (non-hydrogen) atoms. The lowest BCUT2D eigenvalue weighted by Crippen LogP contribution is -2.27. The van der Waals surface area contributed by atoms with Gasteiger partial charge in [-0.1, -0.05) is 6.07 Å². The van der Waals surface area contributed by atoms with Gasteiger partial charge in [0.05, 0.1) is 16.7 Å². The van der Waals surface area contributed by atoms with E-state index in [9.17, 15) is 4.79 Å². The maximum Gasteiger partial charge on any atom is 0.348 e. The van der Waals surface area contributed by atoms with E-state index in [-0.39, 0.29) is 5.69 Å². The molecular formula is C14H17BrN4O. The van der Waals surface area contributed by atoms with Crippen molar-refractivity contribution in [2.24, 2.45) is 0 Å². The Kier molecular flexibility index (Phi) is 4.54. The second kappa shape index (κ2) is 6.17. The Balaban J connectivity index is 2.30. The molecule has 1 N–H and O–H groups in total. The second-order valence-electron chi connectivity index (χ2n) is 4.55. The summed E-state index contributed by atoms with van der Waals surface area (Å²) in [5.74, 6) is 0.837. The Bertz CT molecular complexity index is 664. The number of pyridine rings is 1. The molecule has 0 aliphatic heterocycles. The van der Waals surface area contributed by atoms with Crippen molar-refractivity contribution in [3.8, 4) is 0 Å². The van der Waals surface area contributed by atoms with Gasteiger partial charge in [0.15, 0.2) is 0 Å². The van der Waals surface area contributed by atoms with Gasteiger partial charge in [-0.15, -0.1) is 0 Å². The molecule has 0 saturated carbocycles.